The largest absolute Gasteiger partial charge is 0.465 e. The first-order chi connectivity index (χ1) is 8.38. The number of thioether (sulfide) groups is 1. The van der Waals surface area contributed by atoms with Crippen LogP contribution in [0.2, 0.25) is 0 Å². The van der Waals surface area contributed by atoms with Crippen LogP contribution >= 0.6 is 11.8 Å². The van der Waals surface area contributed by atoms with Gasteiger partial charge in [-0.3, -0.25) is 9.59 Å². The third kappa shape index (κ3) is 7.55. The van der Waals surface area contributed by atoms with Crippen molar-refractivity contribution in [1.29, 1.82) is 0 Å². The third-order valence-electron chi connectivity index (χ3n) is 2.51. The van der Waals surface area contributed by atoms with Crippen molar-refractivity contribution in [3.8, 4) is 0 Å². The van der Waals surface area contributed by atoms with E-state index < -0.39 is 12.0 Å². The van der Waals surface area contributed by atoms with Crippen molar-refractivity contribution in [3.63, 3.8) is 0 Å². The zero-order valence-corrected chi connectivity index (χ0v) is 12.4. The van der Waals surface area contributed by atoms with Gasteiger partial charge in [-0.2, -0.15) is 0 Å². The average molecular weight is 276 g/mol. The number of rotatable bonds is 8. The number of ether oxygens (including phenoxy) is 1. The van der Waals surface area contributed by atoms with Crippen molar-refractivity contribution in [1.82, 2.24) is 5.32 Å². The molecular weight excluding hydrogens is 252 g/mol. The van der Waals surface area contributed by atoms with Crippen LogP contribution in [0.15, 0.2) is 0 Å². The summed E-state index contributed by atoms with van der Waals surface area (Å²) >= 11 is 1.34. The van der Waals surface area contributed by atoms with Gasteiger partial charge in [0.25, 0.3) is 0 Å². The summed E-state index contributed by atoms with van der Waals surface area (Å²) in [7, 11) is 0. The van der Waals surface area contributed by atoms with Gasteiger partial charge in [0.15, 0.2) is 0 Å². The van der Waals surface area contributed by atoms with E-state index in [1.165, 1.54) is 11.8 Å². The second kappa shape index (κ2) is 9.22. The molecule has 18 heavy (non-hydrogen) atoms. The molecule has 0 aromatic rings. The maximum Gasteiger partial charge on any atom is 0.323 e. The van der Waals surface area contributed by atoms with E-state index in [-0.39, 0.29) is 11.9 Å². The molecule has 3 N–H and O–H groups in total. The first-order valence-corrected chi connectivity index (χ1v) is 7.33. The van der Waals surface area contributed by atoms with Gasteiger partial charge in [0.05, 0.1) is 12.4 Å². The molecule has 0 bridgehead atoms. The van der Waals surface area contributed by atoms with E-state index in [2.05, 4.69) is 19.2 Å². The normalized spacial score (nSPS) is 14.1. The fraction of sp³-hybridized carbons (Fsp3) is 0.833. The number of esters is 1. The second-order valence-corrected chi connectivity index (χ2v) is 5.50. The highest BCUT2D eigenvalue weighted by atomic mass is 32.2. The molecule has 0 aromatic carbocycles. The van der Waals surface area contributed by atoms with Crippen LogP contribution in [0.4, 0.5) is 0 Å². The molecule has 0 aliphatic carbocycles. The Balaban J connectivity index is 3.77. The number of carbonyl (C=O) groups excluding carboxylic acids is 2. The van der Waals surface area contributed by atoms with Crippen molar-refractivity contribution in [3.05, 3.63) is 0 Å². The number of carbonyl (C=O) groups is 2. The second-order valence-electron chi connectivity index (χ2n) is 4.47. The van der Waals surface area contributed by atoms with Crippen LogP contribution in [0.25, 0.3) is 0 Å². The van der Waals surface area contributed by atoms with Crippen LogP contribution in [-0.2, 0) is 14.3 Å². The number of nitrogens with two attached hydrogens (primary N) is 1. The molecule has 5 nitrogen and oxygen atoms in total. The highest BCUT2D eigenvalue weighted by Crippen LogP contribution is 2.05. The molecule has 0 aromatic heterocycles. The van der Waals surface area contributed by atoms with Crippen molar-refractivity contribution in [2.24, 2.45) is 11.7 Å². The van der Waals surface area contributed by atoms with Crippen LogP contribution in [0.1, 0.15) is 27.7 Å². The highest BCUT2D eigenvalue weighted by Gasteiger charge is 2.16. The van der Waals surface area contributed by atoms with Crippen LogP contribution in [0.5, 0.6) is 0 Å². The van der Waals surface area contributed by atoms with Crippen LogP contribution in [-0.4, -0.2) is 42.1 Å². The van der Waals surface area contributed by atoms with Crippen LogP contribution in [0, 0.1) is 5.92 Å². The van der Waals surface area contributed by atoms with E-state index in [1.807, 2.05) is 6.92 Å². The lowest BCUT2D eigenvalue weighted by molar-refractivity contribution is -0.144. The highest BCUT2D eigenvalue weighted by molar-refractivity contribution is 8.00. The van der Waals surface area contributed by atoms with Gasteiger partial charge in [0.2, 0.25) is 5.91 Å². The number of hydrogen-bond acceptors (Lipinski definition) is 5. The lowest BCUT2D eigenvalue weighted by atomic mass is 10.1. The molecule has 2 unspecified atom stereocenters. The first-order valence-electron chi connectivity index (χ1n) is 6.17. The quantitative estimate of drug-likeness (QED) is 0.640. The minimum atomic E-state index is -0.662. The molecule has 2 atom stereocenters. The van der Waals surface area contributed by atoms with Crippen molar-refractivity contribution in [2.75, 3.05) is 18.1 Å². The fourth-order valence-electron chi connectivity index (χ4n) is 1.06. The summed E-state index contributed by atoms with van der Waals surface area (Å²) in [5.41, 5.74) is 5.61. The topological polar surface area (TPSA) is 81.4 Å². The maximum absolute atomic E-state index is 11.5. The molecule has 0 saturated carbocycles. The zero-order valence-electron chi connectivity index (χ0n) is 11.6. The van der Waals surface area contributed by atoms with Crippen molar-refractivity contribution in [2.45, 2.75) is 39.8 Å². The molecule has 0 saturated heterocycles. The summed E-state index contributed by atoms with van der Waals surface area (Å²) in [6.45, 7) is 8.13. The van der Waals surface area contributed by atoms with Gasteiger partial charge in [-0.15, -0.1) is 11.8 Å². The van der Waals surface area contributed by atoms with Gasteiger partial charge in [0, 0.05) is 11.8 Å². The minimum Gasteiger partial charge on any atom is -0.465 e. The molecule has 0 aliphatic heterocycles. The number of nitrogens with one attached hydrogen (secondary N) is 1. The van der Waals surface area contributed by atoms with Gasteiger partial charge in [0.1, 0.15) is 6.04 Å². The predicted molar refractivity (Wildman–Crippen MR) is 74.4 cm³/mol. The Morgan fingerprint density at radius 1 is 1.33 bits per heavy atom. The average Bonchev–Trinajstić information content (AvgIpc) is 2.28. The Morgan fingerprint density at radius 2 is 1.94 bits per heavy atom. The van der Waals surface area contributed by atoms with Crippen molar-refractivity contribution < 1.29 is 14.3 Å². The van der Waals surface area contributed by atoms with Crippen LogP contribution < -0.4 is 11.1 Å². The van der Waals surface area contributed by atoms with E-state index in [4.69, 9.17) is 10.5 Å². The molecule has 1 amide bonds. The Bertz CT molecular complexity index is 272. The smallest absolute Gasteiger partial charge is 0.323 e. The van der Waals surface area contributed by atoms with E-state index in [0.29, 0.717) is 24.0 Å². The monoisotopic (exact) mass is 276 g/mol. The Kier molecular flexibility index (Phi) is 8.83. The lowest BCUT2D eigenvalue weighted by Gasteiger charge is -2.17. The Morgan fingerprint density at radius 3 is 2.44 bits per heavy atom. The van der Waals surface area contributed by atoms with E-state index in [1.54, 1.807) is 6.92 Å². The van der Waals surface area contributed by atoms with Gasteiger partial charge in [-0.05, 0) is 19.8 Å². The SMILES string of the molecule is CCOC(=O)C(N)CSCC(=O)NC(C)C(C)C. The van der Waals surface area contributed by atoms with Gasteiger partial charge in [-0.25, -0.2) is 0 Å². The summed E-state index contributed by atoms with van der Waals surface area (Å²) in [4.78, 5) is 22.8. The van der Waals surface area contributed by atoms with E-state index in [0.717, 1.165) is 0 Å². The fourth-order valence-corrected chi connectivity index (χ4v) is 1.83. The molecule has 0 aliphatic rings. The molecule has 0 spiro atoms. The molecule has 0 fully saturated rings. The minimum absolute atomic E-state index is 0.0303. The van der Waals surface area contributed by atoms with E-state index >= 15 is 0 Å². The third-order valence-corrected chi connectivity index (χ3v) is 3.57. The van der Waals surface area contributed by atoms with E-state index in [9.17, 15) is 9.59 Å². The summed E-state index contributed by atoms with van der Waals surface area (Å²) in [6.07, 6.45) is 0. The molecular formula is C12H24N2O3S. The van der Waals surface area contributed by atoms with Crippen molar-refractivity contribution >= 4 is 23.6 Å². The Hall–Kier alpha value is -0.750. The first kappa shape index (κ1) is 17.2. The standard InChI is InChI=1S/C12H24N2O3S/c1-5-17-12(16)10(13)6-18-7-11(15)14-9(4)8(2)3/h8-10H,5-7,13H2,1-4H3,(H,14,15). The molecule has 0 rings (SSSR count). The summed E-state index contributed by atoms with van der Waals surface area (Å²) < 4.78 is 4.78. The molecule has 0 heterocycles. The van der Waals surface area contributed by atoms with Gasteiger partial charge in [-0.1, -0.05) is 13.8 Å². The molecule has 106 valence electrons. The van der Waals surface area contributed by atoms with Gasteiger partial charge < -0.3 is 15.8 Å². The predicted octanol–water partition coefficient (Wildman–Crippen LogP) is 0.771. The number of hydrogen-bond donors (Lipinski definition) is 2. The summed E-state index contributed by atoms with van der Waals surface area (Å²) in [6, 6.07) is -0.512. The lowest BCUT2D eigenvalue weighted by Crippen LogP contribution is -2.38. The summed E-state index contributed by atoms with van der Waals surface area (Å²) in [5.74, 6) is 0.658. The summed E-state index contributed by atoms with van der Waals surface area (Å²) in [5, 5.41) is 2.89. The van der Waals surface area contributed by atoms with Gasteiger partial charge >= 0.3 is 5.97 Å². The zero-order chi connectivity index (χ0) is 14.1. The molecule has 6 heteroatoms. The van der Waals surface area contributed by atoms with Crippen LogP contribution in [0.3, 0.4) is 0 Å². The Labute approximate surface area is 113 Å². The number of amides is 1. The maximum atomic E-state index is 11.5. The molecule has 0 radical (unpaired) electrons.